The molecule has 0 aliphatic carbocycles. The Hall–Kier alpha value is -2.82. The van der Waals surface area contributed by atoms with Crippen LogP contribution >= 0.6 is 0 Å². The van der Waals surface area contributed by atoms with Crippen molar-refractivity contribution in [2.75, 3.05) is 23.4 Å². The van der Waals surface area contributed by atoms with Crippen LogP contribution in [0.3, 0.4) is 0 Å². The van der Waals surface area contributed by atoms with Crippen LogP contribution in [0.25, 0.3) is 0 Å². The number of carbonyl (C=O) groups excluding carboxylic acids is 2. The molecule has 1 heterocycles. The highest BCUT2D eigenvalue weighted by molar-refractivity contribution is 5.96. The molecule has 0 atom stereocenters. The molecule has 0 unspecified atom stereocenters. The number of ether oxygens (including phenoxy) is 1. The Balaban J connectivity index is 1.58. The van der Waals surface area contributed by atoms with Gasteiger partial charge in [-0.05, 0) is 42.3 Å². The number of anilines is 2. The minimum atomic E-state index is -0.124. The molecular weight excluding hydrogens is 292 g/mol. The van der Waals surface area contributed by atoms with E-state index in [1.165, 1.54) is 12.5 Å². The van der Waals surface area contributed by atoms with Crippen LogP contribution < -0.4 is 15.0 Å². The lowest BCUT2D eigenvalue weighted by Crippen LogP contribution is -2.33. The maximum absolute atomic E-state index is 12.3. The summed E-state index contributed by atoms with van der Waals surface area (Å²) < 4.78 is 5.55. The van der Waals surface area contributed by atoms with E-state index in [0.717, 1.165) is 12.1 Å². The summed E-state index contributed by atoms with van der Waals surface area (Å²) in [6.45, 7) is 2.15. The van der Waals surface area contributed by atoms with Crippen molar-refractivity contribution < 1.29 is 14.3 Å². The zero-order chi connectivity index (χ0) is 16.2. The van der Waals surface area contributed by atoms with Gasteiger partial charge in [0.1, 0.15) is 5.75 Å². The first-order valence-corrected chi connectivity index (χ1v) is 7.52. The maximum atomic E-state index is 12.3. The Kier molecular flexibility index (Phi) is 4.28. The van der Waals surface area contributed by atoms with E-state index in [0.29, 0.717) is 18.0 Å². The van der Waals surface area contributed by atoms with Gasteiger partial charge in [-0.1, -0.05) is 18.2 Å². The van der Waals surface area contributed by atoms with Crippen LogP contribution in [0.2, 0.25) is 0 Å². The van der Waals surface area contributed by atoms with E-state index >= 15 is 0 Å². The molecule has 0 bridgehead atoms. The van der Waals surface area contributed by atoms with Crippen molar-refractivity contribution in [2.45, 2.75) is 13.3 Å². The fraction of sp³-hybridized carbons (Fsp3) is 0.222. The fourth-order valence-corrected chi connectivity index (χ4v) is 2.66. The molecule has 0 saturated heterocycles. The third kappa shape index (κ3) is 3.51. The molecule has 0 fully saturated rings. The number of para-hydroxylation sites is 1. The standard InChI is InChI=1S/C18H18N2O3/c1-13(21)19-15-6-8-16(9-7-15)23-12-18(22)20-11-10-14-4-2-3-5-17(14)20/h2-9H,10-12H2,1H3,(H,19,21). The minimum Gasteiger partial charge on any atom is -0.484 e. The van der Waals surface area contributed by atoms with E-state index in [1.54, 1.807) is 29.2 Å². The van der Waals surface area contributed by atoms with Crippen molar-refractivity contribution in [3.05, 3.63) is 54.1 Å². The predicted molar refractivity (Wildman–Crippen MR) is 88.7 cm³/mol. The van der Waals surface area contributed by atoms with Crippen molar-refractivity contribution in [3.8, 4) is 5.75 Å². The number of nitrogens with zero attached hydrogens (tertiary/aromatic N) is 1. The van der Waals surface area contributed by atoms with E-state index in [-0.39, 0.29) is 18.4 Å². The van der Waals surface area contributed by atoms with Crippen molar-refractivity contribution in [3.63, 3.8) is 0 Å². The van der Waals surface area contributed by atoms with Gasteiger partial charge in [0.15, 0.2) is 6.61 Å². The second-order valence-electron chi connectivity index (χ2n) is 5.42. The lowest BCUT2D eigenvalue weighted by atomic mass is 10.2. The van der Waals surface area contributed by atoms with Crippen molar-refractivity contribution in [1.82, 2.24) is 0 Å². The minimum absolute atomic E-state index is 0.00613. The number of hydrogen-bond acceptors (Lipinski definition) is 3. The van der Waals surface area contributed by atoms with Crippen LogP contribution in [0, 0.1) is 0 Å². The topological polar surface area (TPSA) is 58.6 Å². The summed E-state index contributed by atoms with van der Waals surface area (Å²) in [5, 5.41) is 2.68. The van der Waals surface area contributed by atoms with Gasteiger partial charge in [0.2, 0.25) is 5.91 Å². The molecule has 2 aromatic rings. The SMILES string of the molecule is CC(=O)Nc1ccc(OCC(=O)N2CCc3ccccc32)cc1. The molecule has 0 aromatic heterocycles. The van der Waals surface area contributed by atoms with E-state index in [2.05, 4.69) is 5.32 Å². The molecular formula is C18H18N2O3. The van der Waals surface area contributed by atoms with Gasteiger partial charge in [-0.3, -0.25) is 9.59 Å². The fourth-order valence-electron chi connectivity index (χ4n) is 2.66. The lowest BCUT2D eigenvalue weighted by molar-refractivity contribution is -0.120. The maximum Gasteiger partial charge on any atom is 0.264 e. The first kappa shape index (κ1) is 15.1. The van der Waals surface area contributed by atoms with Crippen LogP contribution in [0.1, 0.15) is 12.5 Å². The van der Waals surface area contributed by atoms with Gasteiger partial charge < -0.3 is 15.0 Å². The van der Waals surface area contributed by atoms with E-state index < -0.39 is 0 Å². The van der Waals surface area contributed by atoms with Gasteiger partial charge in [0.05, 0.1) is 0 Å². The summed E-state index contributed by atoms with van der Waals surface area (Å²) in [7, 11) is 0. The normalized spacial score (nSPS) is 12.7. The van der Waals surface area contributed by atoms with Crippen LogP contribution in [0.5, 0.6) is 5.75 Å². The summed E-state index contributed by atoms with van der Waals surface area (Å²) in [4.78, 5) is 25.1. The third-order valence-electron chi connectivity index (χ3n) is 3.73. The molecule has 3 rings (SSSR count). The number of carbonyl (C=O) groups is 2. The van der Waals surface area contributed by atoms with Gasteiger partial charge in [-0.15, -0.1) is 0 Å². The zero-order valence-electron chi connectivity index (χ0n) is 12.9. The molecule has 1 aliphatic heterocycles. The van der Waals surface area contributed by atoms with Gasteiger partial charge >= 0.3 is 0 Å². The molecule has 1 N–H and O–H groups in total. The van der Waals surface area contributed by atoms with E-state index in [9.17, 15) is 9.59 Å². The first-order valence-electron chi connectivity index (χ1n) is 7.52. The zero-order valence-corrected chi connectivity index (χ0v) is 12.9. The van der Waals surface area contributed by atoms with Crippen LogP contribution in [0.4, 0.5) is 11.4 Å². The summed E-state index contributed by atoms with van der Waals surface area (Å²) in [6.07, 6.45) is 0.882. The Bertz CT molecular complexity index is 725. The van der Waals surface area contributed by atoms with E-state index in [1.807, 2.05) is 24.3 Å². The average Bonchev–Trinajstić information content (AvgIpc) is 2.97. The Morgan fingerprint density at radius 3 is 2.61 bits per heavy atom. The lowest BCUT2D eigenvalue weighted by Gasteiger charge is -2.17. The molecule has 5 nitrogen and oxygen atoms in total. The summed E-state index contributed by atoms with van der Waals surface area (Å²) in [5.41, 5.74) is 2.87. The van der Waals surface area contributed by atoms with Crippen LogP contribution in [0.15, 0.2) is 48.5 Å². The summed E-state index contributed by atoms with van der Waals surface area (Å²) in [5.74, 6) is 0.419. The van der Waals surface area contributed by atoms with Crippen molar-refractivity contribution in [2.24, 2.45) is 0 Å². The Morgan fingerprint density at radius 1 is 1.13 bits per heavy atom. The number of benzene rings is 2. The number of fused-ring (bicyclic) bond motifs is 1. The Labute approximate surface area is 134 Å². The van der Waals surface area contributed by atoms with Gasteiger partial charge in [-0.2, -0.15) is 0 Å². The molecule has 2 aromatic carbocycles. The molecule has 0 radical (unpaired) electrons. The van der Waals surface area contributed by atoms with Gasteiger partial charge in [0, 0.05) is 24.8 Å². The molecule has 23 heavy (non-hydrogen) atoms. The van der Waals surface area contributed by atoms with Gasteiger partial charge in [0.25, 0.3) is 5.91 Å². The van der Waals surface area contributed by atoms with Crippen LogP contribution in [-0.4, -0.2) is 25.0 Å². The second-order valence-corrected chi connectivity index (χ2v) is 5.42. The van der Waals surface area contributed by atoms with Crippen molar-refractivity contribution >= 4 is 23.2 Å². The number of amides is 2. The smallest absolute Gasteiger partial charge is 0.264 e. The molecule has 0 saturated carbocycles. The monoisotopic (exact) mass is 310 g/mol. The quantitative estimate of drug-likeness (QED) is 0.944. The third-order valence-corrected chi connectivity index (χ3v) is 3.73. The molecule has 118 valence electrons. The highest BCUT2D eigenvalue weighted by Gasteiger charge is 2.24. The summed E-state index contributed by atoms with van der Waals surface area (Å²) in [6, 6.07) is 14.9. The largest absolute Gasteiger partial charge is 0.484 e. The van der Waals surface area contributed by atoms with Crippen LogP contribution in [-0.2, 0) is 16.0 Å². The van der Waals surface area contributed by atoms with E-state index in [4.69, 9.17) is 4.74 Å². The number of rotatable bonds is 4. The summed E-state index contributed by atoms with van der Waals surface area (Å²) >= 11 is 0. The van der Waals surface area contributed by atoms with Gasteiger partial charge in [-0.25, -0.2) is 0 Å². The van der Waals surface area contributed by atoms with Crippen molar-refractivity contribution in [1.29, 1.82) is 0 Å². The Morgan fingerprint density at radius 2 is 1.87 bits per heavy atom. The molecule has 5 heteroatoms. The molecule has 2 amide bonds. The highest BCUT2D eigenvalue weighted by atomic mass is 16.5. The number of hydrogen-bond donors (Lipinski definition) is 1. The number of nitrogens with one attached hydrogen (secondary N) is 1. The molecule has 1 aliphatic rings. The predicted octanol–water partition coefficient (Wildman–Crippen LogP) is 2.61. The average molecular weight is 310 g/mol. The molecule has 0 spiro atoms. The first-order chi connectivity index (χ1) is 11.1. The highest BCUT2D eigenvalue weighted by Crippen LogP contribution is 2.27. The second kappa shape index (κ2) is 6.52.